The summed E-state index contributed by atoms with van der Waals surface area (Å²) < 4.78 is 7.62. The zero-order valence-corrected chi connectivity index (χ0v) is 16.0. The first-order valence-electron chi connectivity index (χ1n) is 9.88. The number of morpholine rings is 1. The van der Waals surface area contributed by atoms with Crippen LogP contribution in [0.25, 0.3) is 22.0 Å². The molecule has 2 unspecified atom stereocenters. The highest BCUT2D eigenvalue weighted by molar-refractivity contribution is 5.88. The van der Waals surface area contributed by atoms with Gasteiger partial charge in [-0.05, 0) is 30.4 Å². The number of carbonyl (C=O) groups excluding carboxylic acids is 1. The van der Waals surface area contributed by atoms with Gasteiger partial charge < -0.3 is 9.30 Å². The predicted molar refractivity (Wildman–Crippen MR) is 107 cm³/mol. The van der Waals surface area contributed by atoms with Crippen LogP contribution in [-0.4, -0.2) is 57.1 Å². The Morgan fingerprint density at radius 3 is 2.71 bits per heavy atom. The fourth-order valence-corrected chi connectivity index (χ4v) is 4.51. The number of carbonyl (C=O) groups is 1. The van der Waals surface area contributed by atoms with Gasteiger partial charge in [-0.2, -0.15) is 0 Å². The highest BCUT2D eigenvalue weighted by Crippen LogP contribution is 2.28. The van der Waals surface area contributed by atoms with Crippen molar-refractivity contribution in [1.29, 1.82) is 0 Å². The third-order valence-corrected chi connectivity index (χ3v) is 6.02. The van der Waals surface area contributed by atoms with Crippen LogP contribution in [-0.2, 0) is 23.0 Å². The molecule has 5 rings (SSSR count). The van der Waals surface area contributed by atoms with Gasteiger partial charge in [0, 0.05) is 42.0 Å². The molecule has 6 nitrogen and oxygen atoms in total. The molecular formula is C22H24N4O2. The van der Waals surface area contributed by atoms with Crippen molar-refractivity contribution in [3.8, 4) is 11.3 Å². The summed E-state index contributed by atoms with van der Waals surface area (Å²) >= 11 is 0. The molecule has 2 fully saturated rings. The molecule has 28 heavy (non-hydrogen) atoms. The molecular weight excluding hydrogens is 352 g/mol. The van der Waals surface area contributed by atoms with Crippen LogP contribution >= 0.6 is 0 Å². The average molecular weight is 376 g/mol. The number of ketones is 1. The molecule has 0 spiro atoms. The van der Waals surface area contributed by atoms with Gasteiger partial charge in [-0.3, -0.25) is 14.7 Å². The summed E-state index contributed by atoms with van der Waals surface area (Å²) in [6.45, 7) is 2.02. The van der Waals surface area contributed by atoms with Crippen LogP contribution in [0, 0.1) is 0 Å². The van der Waals surface area contributed by atoms with E-state index in [4.69, 9.17) is 4.74 Å². The molecule has 2 bridgehead atoms. The van der Waals surface area contributed by atoms with E-state index in [1.54, 1.807) is 6.33 Å². The van der Waals surface area contributed by atoms with Gasteiger partial charge in [0.05, 0.1) is 44.4 Å². The van der Waals surface area contributed by atoms with Crippen molar-refractivity contribution in [2.24, 2.45) is 7.05 Å². The van der Waals surface area contributed by atoms with Crippen LogP contribution in [0.3, 0.4) is 0 Å². The van der Waals surface area contributed by atoms with Gasteiger partial charge in [0.15, 0.2) is 5.78 Å². The lowest BCUT2D eigenvalue weighted by molar-refractivity contribution is -0.122. The lowest BCUT2D eigenvalue weighted by Crippen LogP contribution is -2.48. The fraction of sp³-hybridized carbons (Fsp3) is 0.409. The standard InChI is InChI=1S/C22H24N4O2/c1-25-14-23-10-22(25)15-2-3-16-9-24-18(7-17(16)6-15)8-21(27)11-26-19-4-5-20(26)13-28-12-19/h2-3,6-7,9-10,14,19-20H,4-5,8,11-13H2,1H3. The molecule has 0 radical (unpaired) electrons. The Hall–Kier alpha value is -2.57. The zero-order valence-electron chi connectivity index (χ0n) is 16.0. The van der Waals surface area contributed by atoms with Crippen LogP contribution in [0.15, 0.2) is 43.0 Å². The molecule has 0 saturated carbocycles. The van der Waals surface area contributed by atoms with Crippen LogP contribution < -0.4 is 0 Å². The van der Waals surface area contributed by atoms with E-state index in [0.29, 0.717) is 25.0 Å². The van der Waals surface area contributed by atoms with Crippen molar-refractivity contribution in [1.82, 2.24) is 19.4 Å². The highest BCUT2D eigenvalue weighted by atomic mass is 16.5. The van der Waals surface area contributed by atoms with E-state index in [1.807, 2.05) is 30.1 Å². The van der Waals surface area contributed by atoms with E-state index in [-0.39, 0.29) is 5.78 Å². The van der Waals surface area contributed by atoms with Gasteiger partial charge in [-0.1, -0.05) is 12.1 Å². The van der Waals surface area contributed by atoms with Crippen molar-refractivity contribution in [3.05, 3.63) is 48.7 Å². The molecule has 2 atom stereocenters. The second-order valence-electron chi connectivity index (χ2n) is 7.94. The molecule has 0 amide bonds. The minimum Gasteiger partial charge on any atom is -0.378 e. The van der Waals surface area contributed by atoms with Crippen molar-refractivity contribution < 1.29 is 9.53 Å². The fourth-order valence-electron chi connectivity index (χ4n) is 4.51. The van der Waals surface area contributed by atoms with E-state index >= 15 is 0 Å². The molecule has 2 aliphatic heterocycles. The number of rotatable bonds is 5. The number of benzene rings is 1. The zero-order chi connectivity index (χ0) is 19.1. The predicted octanol–water partition coefficient (Wildman–Crippen LogP) is 2.61. The Bertz CT molecular complexity index is 1010. The lowest BCUT2D eigenvalue weighted by Gasteiger charge is -2.33. The van der Waals surface area contributed by atoms with E-state index < -0.39 is 0 Å². The molecule has 0 N–H and O–H groups in total. The van der Waals surface area contributed by atoms with E-state index in [2.05, 4.69) is 33.1 Å². The molecule has 0 aliphatic carbocycles. The van der Waals surface area contributed by atoms with Crippen LogP contribution in [0.2, 0.25) is 0 Å². The van der Waals surface area contributed by atoms with E-state index in [9.17, 15) is 4.79 Å². The minimum absolute atomic E-state index is 0.230. The summed E-state index contributed by atoms with van der Waals surface area (Å²) in [6, 6.07) is 9.16. The van der Waals surface area contributed by atoms with Gasteiger partial charge in [0.25, 0.3) is 0 Å². The number of pyridine rings is 1. The monoisotopic (exact) mass is 376 g/mol. The number of hydrogen-bond acceptors (Lipinski definition) is 5. The van der Waals surface area contributed by atoms with Gasteiger partial charge in [0.1, 0.15) is 0 Å². The summed E-state index contributed by atoms with van der Waals surface area (Å²) in [5, 5.41) is 2.18. The number of aryl methyl sites for hydroxylation is 1. The third-order valence-electron chi connectivity index (χ3n) is 6.02. The average Bonchev–Trinajstić information content (AvgIpc) is 3.19. The first kappa shape index (κ1) is 17.5. The molecule has 6 heteroatoms. The van der Waals surface area contributed by atoms with Gasteiger partial charge in [0.2, 0.25) is 0 Å². The Morgan fingerprint density at radius 2 is 1.96 bits per heavy atom. The quantitative estimate of drug-likeness (QED) is 0.685. The SMILES string of the molecule is Cn1cncc1-c1ccc2cnc(CC(=O)CN3C4CCC3COC4)cc2c1. The van der Waals surface area contributed by atoms with Crippen LogP contribution in [0.5, 0.6) is 0 Å². The highest BCUT2D eigenvalue weighted by Gasteiger charge is 2.37. The molecule has 3 aromatic rings. The molecule has 2 aromatic heterocycles. The van der Waals surface area contributed by atoms with Gasteiger partial charge >= 0.3 is 0 Å². The summed E-state index contributed by atoms with van der Waals surface area (Å²) in [6.07, 6.45) is 8.19. The molecule has 2 aliphatic rings. The molecule has 1 aromatic carbocycles. The second-order valence-corrected chi connectivity index (χ2v) is 7.94. The van der Waals surface area contributed by atoms with Gasteiger partial charge in [-0.15, -0.1) is 0 Å². The number of fused-ring (bicyclic) bond motifs is 3. The minimum atomic E-state index is 0.230. The summed E-state index contributed by atoms with van der Waals surface area (Å²) in [7, 11) is 1.99. The topological polar surface area (TPSA) is 60.2 Å². The Kier molecular flexibility index (Phi) is 4.45. The Morgan fingerprint density at radius 1 is 1.14 bits per heavy atom. The Labute approximate surface area is 164 Å². The number of imidazole rings is 1. The number of Topliss-reactive ketones (excluding diaryl/α,β-unsaturated/α-hetero) is 1. The van der Waals surface area contributed by atoms with Crippen molar-refractivity contribution >= 4 is 16.6 Å². The van der Waals surface area contributed by atoms with Crippen molar-refractivity contribution in [3.63, 3.8) is 0 Å². The first-order valence-corrected chi connectivity index (χ1v) is 9.88. The number of ether oxygens (including phenoxy) is 1. The van der Waals surface area contributed by atoms with E-state index in [1.165, 1.54) is 0 Å². The number of aromatic nitrogens is 3. The van der Waals surface area contributed by atoms with Crippen LogP contribution in [0.1, 0.15) is 18.5 Å². The van der Waals surface area contributed by atoms with Crippen LogP contribution in [0.4, 0.5) is 0 Å². The molecule has 144 valence electrons. The smallest absolute Gasteiger partial charge is 0.152 e. The van der Waals surface area contributed by atoms with E-state index in [0.717, 1.165) is 53.8 Å². The summed E-state index contributed by atoms with van der Waals surface area (Å²) in [5.41, 5.74) is 3.01. The normalized spacial score (nSPS) is 22.0. The maximum absolute atomic E-state index is 12.7. The summed E-state index contributed by atoms with van der Waals surface area (Å²) in [4.78, 5) is 23.8. The second kappa shape index (κ2) is 7.11. The van der Waals surface area contributed by atoms with Crippen molar-refractivity contribution in [2.75, 3.05) is 19.8 Å². The molecule has 2 saturated heterocycles. The lowest BCUT2D eigenvalue weighted by atomic mass is 10.0. The Balaban J connectivity index is 1.34. The third kappa shape index (κ3) is 3.23. The first-order chi connectivity index (χ1) is 13.7. The maximum atomic E-state index is 12.7. The van der Waals surface area contributed by atoms with Gasteiger partial charge in [-0.25, -0.2) is 4.98 Å². The van der Waals surface area contributed by atoms with Crippen molar-refractivity contribution in [2.45, 2.75) is 31.3 Å². The number of nitrogens with zero attached hydrogens (tertiary/aromatic N) is 4. The molecule has 4 heterocycles. The number of hydrogen-bond donors (Lipinski definition) is 0. The summed E-state index contributed by atoms with van der Waals surface area (Å²) in [5.74, 6) is 0.230. The largest absolute Gasteiger partial charge is 0.378 e. The maximum Gasteiger partial charge on any atom is 0.152 e.